The summed E-state index contributed by atoms with van der Waals surface area (Å²) in [7, 11) is 0. The molecule has 2 amide bonds. The van der Waals surface area contributed by atoms with Gasteiger partial charge in [-0.25, -0.2) is 0 Å². The lowest BCUT2D eigenvalue weighted by Gasteiger charge is -2.34. The number of hydrogen-bond donors (Lipinski definition) is 1. The molecule has 0 unspecified atom stereocenters. The molecule has 1 aliphatic rings. The quantitative estimate of drug-likeness (QED) is 0.754. The van der Waals surface area contributed by atoms with E-state index in [9.17, 15) is 9.59 Å². The van der Waals surface area contributed by atoms with E-state index in [2.05, 4.69) is 19.2 Å². The number of nitrogens with one attached hydrogen (secondary N) is 1. The number of hydrogen-bond acceptors (Lipinski definition) is 3. The van der Waals surface area contributed by atoms with E-state index in [4.69, 9.17) is 16.3 Å². The number of rotatable bonds is 7. The van der Waals surface area contributed by atoms with Gasteiger partial charge in [-0.1, -0.05) is 49.7 Å². The average molecular weight is 401 g/mol. The SMILES string of the molecule is CCC(CC)(NC(=O)CCN1C(=O)COc2ccccc21)c1ccc(Cl)cc1. The van der Waals surface area contributed by atoms with Gasteiger partial charge in [0.1, 0.15) is 5.75 Å². The van der Waals surface area contributed by atoms with Crippen molar-refractivity contribution in [3.8, 4) is 5.75 Å². The van der Waals surface area contributed by atoms with Crippen molar-refractivity contribution < 1.29 is 14.3 Å². The molecule has 1 aliphatic heterocycles. The Balaban J connectivity index is 1.70. The van der Waals surface area contributed by atoms with Crippen molar-refractivity contribution in [1.82, 2.24) is 5.32 Å². The second-order valence-corrected chi connectivity index (χ2v) is 7.33. The summed E-state index contributed by atoms with van der Waals surface area (Å²) in [5, 5.41) is 3.86. The maximum atomic E-state index is 12.8. The van der Waals surface area contributed by atoms with E-state index in [0.29, 0.717) is 23.0 Å². The first kappa shape index (κ1) is 20.2. The Hall–Kier alpha value is -2.53. The van der Waals surface area contributed by atoms with Crippen LogP contribution in [0.4, 0.5) is 5.69 Å². The van der Waals surface area contributed by atoms with Gasteiger partial charge in [0.05, 0.1) is 11.2 Å². The zero-order chi connectivity index (χ0) is 20.1. The van der Waals surface area contributed by atoms with Crippen LogP contribution in [0.3, 0.4) is 0 Å². The fourth-order valence-electron chi connectivity index (χ4n) is 3.62. The molecule has 0 fully saturated rings. The summed E-state index contributed by atoms with van der Waals surface area (Å²) >= 11 is 6.01. The van der Waals surface area contributed by atoms with E-state index in [-0.39, 0.29) is 24.8 Å². The summed E-state index contributed by atoms with van der Waals surface area (Å²) in [6, 6.07) is 15.0. The van der Waals surface area contributed by atoms with Crippen LogP contribution >= 0.6 is 11.6 Å². The number of carbonyl (C=O) groups is 2. The van der Waals surface area contributed by atoms with Gasteiger partial charge in [0.2, 0.25) is 5.91 Å². The number of carbonyl (C=O) groups excluding carboxylic acids is 2. The fourth-order valence-corrected chi connectivity index (χ4v) is 3.74. The van der Waals surface area contributed by atoms with E-state index >= 15 is 0 Å². The van der Waals surface area contributed by atoms with E-state index in [1.54, 1.807) is 4.90 Å². The van der Waals surface area contributed by atoms with E-state index in [0.717, 1.165) is 18.4 Å². The summed E-state index contributed by atoms with van der Waals surface area (Å²) < 4.78 is 5.45. The molecule has 0 saturated carbocycles. The van der Waals surface area contributed by atoms with Crippen LogP contribution in [0.15, 0.2) is 48.5 Å². The normalized spacial score (nSPS) is 13.7. The summed E-state index contributed by atoms with van der Waals surface area (Å²) in [6.07, 6.45) is 1.74. The van der Waals surface area contributed by atoms with Crippen molar-refractivity contribution in [2.24, 2.45) is 0 Å². The van der Waals surface area contributed by atoms with Gasteiger partial charge < -0.3 is 15.0 Å². The minimum atomic E-state index is -0.450. The lowest BCUT2D eigenvalue weighted by atomic mass is 9.84. The summed E-state index contributed by atoms with van der Waals surface area (Å²) in [4.78, 5) is 26.7. The van der Waals surface area contributed by atoms with E-state index in [1.165, 1.54) is 0 Å². The van der Waals surface area contributed by atoms with Gasteiger partial charge in [0, 0.05) is 18.0 Å². The van der Waals surface area contributed by atoms with Gasteiger partial charge >= 0.3 is 0 Å². The third-order valence-electron chi connectivity index (χ3n) is 5.35. The number of amides is 2. The molecule has 28 heavy (non-hydrogen) atoms. The molecule has 5 nitrogen and oxygen atoms in total. The molecular weight excluding hydrogens is 376 g/mol. The summed E-state index contributed by atoms with van der Waals surface area (Å²) in [6.45, 7) is 4.42. The van der Waals surface area contributed by atoms with Crippen LogP contribution in [0.5, 0.6) is 5.75 Å². The Kier molecular flexibility index (Phi) is 6.25. The number of halogens is 1. The van der Waals surface area contributed by atoms with Gasteiger partial charge in [-0.15, -0.1) is 0 Å². The molecule has 0 atom stereocenters. The third-order valence-corrected chi connectivity index (χ3v) is 5.61. The highest BCUT2D eigenvalue weighted by Crippen LogP contribution is 2.32. The van der Waals surface area contributed by atoms with E-state index in [1.807, 2.05) is 48.5 Å². The van der Waals surface area contributed by atoms with Crippen molar-refractivity contribution in [3.05, 3.63) is 59.1 Å². The Morgan fingerprint density at radius 3 is 2.50 bits per heavy atom. The van der Waals surface area contributed by atoms with Crippen LogP contribution in [0.25, 0.3) is 0 Å². The average Bonchev–Trinajstić information content (AvgIpc) is 2.72. The van der Waals surface area contributed by atoms with E-state index < -0.39 is 5.54 Å². The zero-order valence-electron chi connectivity index (χ0n) is 16.2. The van der Waals surface area contributed by atoms with Crippen molar-refractivity contribution in [3.63, 3.8) is 0 Å². The Bertz CT molecular complexity index is 847. The first-order valence-corrected chi connectivity index (χ1v) is 9.96. The largest absolute Gasteiger partial charge is 0.482 e. The molecule has 1 heterocycles. The number of benzene rings is 2. The number of nitrogens with zero attached hydrogens (tertiary/aromatic N) is 1. The molecule has 2 aromatic rings. The van der Waals surface area contributed by atoms with Crippen molar-refractivity contribution in [2.45, 2.75) is 38.6 Å². The van der Waals surface area contributed by atoms with Gasteiger partial charge in [-0.2, -0.15) is 0 Å². The molecule has 2 aromatic carbocycles. The number of ether oxygens (including phenoxy) is 1. The topological polar surface area (TPSA) is 58.6 Å². The number of fused-ring (bicyclic) bond motifs is 1. The number of anilines is 1. The summed E-state index contributed by atoms with van der Waals surface area (Å²) in [5.74, 6) is 0.442. The molecule has 1 N–H and O–H groups in total. The molecule has 0 aliphatic carbocycles. The minimum Gasteiger partial charge on any atom is -0.482 e. The molecular formula is C22H25ClN2O3. The van der Waals surface area contributed by atoms with Crippen LogP contribution in [-0.2, 0) is 15.1 Å². The Labute approximate surface area is 170 Å². The lowest BCUT2D eigenvalue weighted by Crippen LogP contribution is -2.47. The van der Waals surface area contributed by atoms with Gasteiger partial charge in [-0.3, -0.25) is 9.59 Å². The Morgan fingerprint density at radius 1 is 1.14 bits per heavy atom. The zero-order valence-corrected chi connectivity index (χ0v) is 17.0. The Morgan fingerprint density at radius 2 is 1.82 bits per heavy atom. The predicted molar refractivity (Wildman–Crippen MR) is 111 cm³/mol. The maximum Gasteiger partial charge on any atom is 0.265 e. The molecule has 0 spiro atoms. The van der Waals surface area contributed by atoms with Gasteiger partial charge in [0.25, 0.3) is 5.91 Å². The highest BCUT2D eigenvalue weighted by atomic mass is 35.5. The lowest BCUT2D eigenvalue weighted by molar-refractivity contribution is -0.123. The van der Waals surface area contributed by atoms with Gasteiger partial charge in [-0.05, 0) is 42.7 Å². The van der Waals surface area contributed by atoms with Crippen LogP contribution in [-0.4, -0.2) is 25.0 Å². The second-order valence-electron chi connectivity index (χ2n) is 6.90. The monoisotopic (exact) mass is 400 g/mol. The molecule has 0 aromatic heterocycles. The van der Waals surface area contributed by atoms with Crippen molar-refractivity contribution >= 4 is 29.1 Å². The third kappa shape index (κ3) is 4.14. The smallest absolute Gasteiger partial charge is 0.265 e. The maximum absolute atomic E-state index is 12.8. The van der Waals surface area contributed by atoms with Crippen LogP contribution in [0, 0.1) is 0 Å². The van der Waals surface area contributed by atoms with Crippen molar-refractivity contribution in [1.29, 1.82) is 0 Å². The molecule has 0 bridgehead atoms. The standard InChI is InChI=1S/C22H25ClN2O3/c1-3-22(4-2,16-9-11-17(23)12-10-16)24-20(26)13-14-25-18-7-5-6-8-19(18)28-15-21(25)27/h5-12H,3-4,13-15H2,1-2H3,(H,24,26). The molecule has 148 valence electrons. The highest BCUT2D eigenvalue weighted by molar-refractivity contribution is 6.30. The predicted octanol–water partition coefficient (Wildman–Crippen LogP) is 4.29. The molecule has 0 radical (unpaired) electrons. The van der Waals surface area contributed by atoms with Gasteiger partial charge in [0.15, 0.2) is 6.61 Å². The van der Waals surface area contributed by atoms with Crippen LogP contribution < -0.4 is 15.0 Å². The van der Waals surface area contributed by atoms with Crippen molar-refractivity contribution in [2.75, 3.05) is 18.1 Å². The second kappa shape index (κ2) is 8.65. The van der Waals surface area contributed by atoms with Crippen LogP contribution in [0.1, 0.15) is 38.7 Å². The highest BCUT2D eigenvalue weighted by Gasteiger charge is 2.31. The number of para-hydroxylation sites is 2. The molecule has 6 heteroatoms. The first-order valence-electron chi connectivity index (χ1n) is 9.58. The van der Waals surface area contributed by atoms with Crippen LogP contribution in [0.2, 0.25) is 5.02 Å². The summed E-state index contributed by atoms with van der Waals surface area (Å²) in [5.41, 5.74) is 1.29. The molecule has 3 rings (SSSR count). The first-order chi connectivity index (χ1) is 13.5. The fraction of sp³-hybridized carbons (Fsp3) is 0.364. The minimum absolute atomic E-state index is 0.00271. The molecule has 0 saturated heterocycles.